The van der Waals surface area contributed by atoms with Gasteiger partial charge < -0.3 is 4.74 Å². The smallest absolute Gasteiger partial charge is 0.165 e. The number of ether oxygens (including phenoxy) is 1. The molecule has 5 aromatic rings. The molecule has 1 atom stereocenters. The third kappa shape index (κ3) is 3.75. The van der Waals surface area contributed by atoms with Crippen molar-refractivity contribution < 1.29 is 4.74 Å². The Balaban J connectivity index is 1.46. The average Bonchev–Trinajstić information content (AvgIpc) is 3.48. The Morgan fingerprint density at radius 2 is 2.12 bits per heavy atom. The van der Waals surface area contributed by atoms with Crippen LogP contribution >= 0.6 is 0 Å². The van der Waals surface area contributed by atoms with E-state index in [1.165, 1.54) is 0 Å². The maximum Gasteiger partial charge on any atom is 0.165 e. The van der Waals surface area contributed by atoms with Gasteiger partial charge in [-0.1, -0.05) is 12.1 Å². The summed E-state index contributed by atoms with van der Waals surface area (Å²) in [4.78, 5) is 9.17. The Morgan fingerprint density at radius 1 is 1.19 bits per heavy atom. The molecule has 1 aromatic carbocycles. The van der Waals surface area contributed by atoms with Crippen molar-refractivity contribution >= 4 is 5.65 Å². The SMILES string of the molecule is C[C@@H](Cn1cnnn1)Oc1cccc(-c2ccn3ncc(-c4ncccc4C#N)c3n2)c1. The molecule has 0 amide bonds. The third-order valence-electron chi connectivity index (χ3n) is 4.86. The van der Waals surface area contributed by atoms with Gasteiger partial charge in [-0.05, 0) is 47.7 Å². The second-order valence-corrected chi connectivity index (χ2v) is 7.14. The molecule has 0 spiro atoms. The van der Waals surface area contributed by atoms with Crippen LogP contribution in [-0.2, 0) is 6.54 Å². The highest BCUT2D eigenvalue weighted by Crippen LogP contribution is 2.28. The molecule has 156 valence electrons. The van der Waals surface area contributed by atoms with Crippen LogP contribution in [-0.4, -0.2) is 45.9 Å². The Hall–Kier alpha value is -4.65. The average molecular weight is 423 g/mol. The topological polar surface area (TPSA) is 120 Å². The number of pyridine rings is 1. The van der Waals surface area contributed by atoms with Crippen LogP contribution < -0.4 is 4.74 Å². The highest BCUT2D eigenvalue weighted by molar-refractivity contribution is 5.79. The van der Waals surface area contributed by atoms with E-state index in [1.807, 2.05) is 43.5 Å². The van der Waals surface area contributed by atoms with E-state index >= 15 is 0 Å². The fourth-order valence-electron chi connectivity index (χ4n) is 3.43. The molecule has 0 unspecified atom stereocenters. The van der Waals surface area contributed by atoms with E-state index in [4.69, 9.17) is 9.72 Å². The van der Waals surface area contributed by atoms with Crippen LogP contribution in [0.4, 0.5) is 0 Å². The largest absolute Gasteiger partial charge is 0.489 e. The molecule has 0 N–H and O–H groups in total. The number of hydrogen-bond acceptors (Lipinski definition) is 8. The molecule has 0 aliphatic heterocycles. The van der Waals surface area contributed by atoms with Crippen LogP contribution in [0.1, 0.15) is 12.5 Å². The summed E-state index contributed by atoms with van der Waals surface area (Å²) < 4.78 is 9.33. The minimum absolute atomic E-state index is 0.126. The van der Waals surface area contributed by atoms with Crippen molar-refractivity contribution in [3.63, 3.8) is 0 Å². The van der Waals surface area contributed by atoms with Gasteiger partial charge in [0.05, 0.1) is 35.3 Å². The third-order valence-corrected chi connectivity index (χ3v) is 4.86. The monoisotopic (exact) mass is 423 g/mol. The van der Waals surface area contributed by atoms with Crippen molar-refractivity contribution in [3.8, 4) is 34.3 Å². The lowest BCUT2D eigenvalue weighted by Crippen LogP contribution is -2.20. The van der Waals surface area contributed by atoms with Gasteiger partial charge >= 0.3 is 0 Å². The second kappa shape index (κ2) is 8.23. The molecule has 4 heterocycles. The number of aromatic nitrogens is 8. The number of fused-ring (bicyclic) bond motifs is 1. The first-order valence-corrected chi connectivity index (χ1v) is 9.89. The summed E-state index contributed by atoms with van der Waals surface area (Å²) in [6.07, 6.45) is 6.59. The minimum atomic E-state index is -0.126. The zero-order valence-electron chi connectivity index (χ0n) is 17.1. The van der Waals surface area contributed by atoms with Crippen molar-refractivity contribution in [1.29, 1.82) is 5.26 Å². The maximum atomic E-state index is 9.44. The first-order valence-electron chi connectivity index (χ1n) is 9.89. The molecule has 0 radical (unpaired) electrons. The number of benzene rings is 1. The number of hydrogen-bond donors (Lipinski definition) is 0. The standard InChI is InChI=1S/C22H17N9O/c1-15(13-30-14-25-28-29-30)32-18-6-2-4-16(10-18)20-7-9-31-22(27-20)19(12-26-31)21-17(11-23)5-3-8-24-21/h2-10,12,14-15H,13H2,1H3/t15-/m0/s1. The van der Waals surface area contributed by atoms with Gasteiger partial charge in [0.15, 0.2) is 5.65 Å². The number of nitrogens with zero attached hydrogens (tertiary/aromatic N) is 9. The molecule has 32 heavy (non-hydrogen) atoms. The van der Waals surface area contributed by atoms with Gasteiger partial charge in [-0.3, -0.25) is 4.98 Å². The molecule has 10 heteroatoms. The fourth-order valence-corrected chi connectivity index (χ4v) is 3.43. The lowest BCUT2D eigenvalue weighted by Gasteiger charge is -2.15. The van der Waals surface area contributed by atoms with E-state index in [1.54, 1.807) is 40.1 Å². The Labute approximate surface area is 182 Å². The van der Waals surface area contributed by atoms with Crippen LogP contribution in [0.2, 0.25) is 0 Å². The van der Waals surface area contributed by atoms with E-state index in [2.05, 4.69) is 31.7 Å². The van der Waals surface area contributed by atoms with Crippen molar-refractivity contribution in [2.45, 2.75) is 19.6 Å². The second-order valence-electron chi connectivity index (χ2n) is 7.14. The van der Waals surface area contributed by atoms with Gasteiger partial charge in [0.25, 0.3) is 0 Å². The van der Waals surface area contributed by atoms with Gasteiger partial charge in [-0.2, -0.15) is 10.4 Å². The van der Waals surface area contributed by atoms with Gasteiger partial charge in [0, 0.05) is 18.0 Å². The Kier molecular flexibility index (Phi) is 4.97. The lowest BCUT2D eigenvalue weighted by molar-refractivity contribution is 0.193. The predicted molar refractivity (Wildman–Crippen MR) is 114 cm³/mol. The molecule has 0 fully saturated rings. The Morgan fingerprint density at radius 3 is 2.97 bits per heavy atom. The van der Waals surface area contributed by atoms with E-state index in [0.29, 0.717) is 29.0 Å². The van der Waals surface area contributed by atoms with Crippen LogP contribution in [0.3, 0.4) is 0 Å². The summed E-state index contributed by atoms with van der Waals surface area (Å²) in [5.41, 5.74) is 4.01. The molecule has 0 aliphatic rings. The van der Waals surface area contributed by atoms with Gasteiger partial charge in [0.1, 0.15) is 24.3 Å². The molecule has 0 bridgehead atoms. The zero-order valence-corrected chi connectivity index (χ0v) is 17.1. The summed E-state index contributed by atoms with van der Waals surface area (Å²) in [6, 6.07) is 15.3. The van der Waals surface area contributed by atoms with E-state index < -0.39 is 0 Å². The molecule has 4 aromatic heterocycles. The van der Waals surface area contributed by atoms with Crippen LogP contribution in [0.15, 0.2) is 67.4 Å². The molecule has 0 aliphatic carbocycles. The summed E-state index contributed by atoms with van der Waals surface area (Å²) >= 11 is 0. The van der Waals surface area contributed by atoms with Crippen molar-refractivity contribution in [2.75, 3.05) is 0 Å². The summed E-state index contributed by atoms with van der Waals surface area (Å²) in [6.45, 7) is 2.49. The van der Waals surface area contributed by atoms with Gasteiger partial charge in [-0.25, -0.2) is 14.2 Å². The summed E-state index contributed by atoms with van der Waals surface area (Å²) in [5.74, 6) is 0.718. The zero-order chi connectivity index (χ0) is 21.9. The molecular formula is C22H17N9O. The Bertz CT molecular complexity index is 1420. The van der Waals surface area contributed by atoms with Crippen molar-refractivity contribution in [2.24, 2.45) is 0 Å². The van der Waals surface area contributed by atoms with E-state index in [-0.39, 0.29) is 6.10 Å². The normalized spacial score (nSPS) is 11.9. The fraction of sp³-hybridized carbons (Fsp3) is 0.136. The van der Waals surface area contributed by atoms with Crippen LogP contribution in [0.5, 0.6) is 5.75 Å². The first kappa shape index (κ1) is 19.3. The minimum Gasteiger partial charge on any atom is -0.489 e. The van der Waals surface area contributed by atoms with Crippen molar-refractivity contribution in [3.05, 3.63) is 72.9 Å². The lowest BCUT2D eigenvalue weighted by atomic mass is 10.1. The molecule has 0 saturated carbocycles. The highest BCUT2D eigenvalue weighted by atomic mass is 16.5. The number of tetrazole rings is 1. The van der Waals surface area contributed by atoms with E-state index in [9.17, 15) is 5.26 Å². The quantitative estimate of drug-likeness (QED) is 0.409. The molecular weight excluding hydrogens is 406 g/mol. The summed E-state index contributed by atoms with van der Waals surface area (Å²) in [5, 5.41) is 24.9. The van der Waals surface area contributed by atoms with Gasteiger partial charge in [-0.15, -0.1) is 5.10 Å². The highest BCUT2D eigenvalue weighted by Gasteiger charge is 2.15. The van der Waals surface area contributed by atoms with Gasteiger partial charge in [0.2, 0.25) is 0 Å². The van der Waals surface area contributed by atoms with Crippen LogP contribution in [0, 0.1) is 11.3 Å². The summed E-state index contributed by atoms with van der Waals surface area (Å²) in [7, 11) is 0. The van der Waals surface area contributed by atoms with Crippen LogP contribution in [0.25, 0.3) is 28.2 Å². The molecule has 0 saturated heterocycles. The molecule has 5 rings (SSSR count). The number of nitriles is 1. The van der Waals surface area contributed by atoms with Crippen molar-refractivity contribution in [1.82, 2.24) is 39.8 Å². The van der Waals surface area contributed by atoms with E-state index in [0.717, 1.165) is 17.0 Å². The molecule has 10 nitrogen and oxygen atoms in total. The predicted octanol–water partition coefficient (Wildman–Crippen LogP) is 2.78. The number of rotatable bonds is 6. The maximum absolute atomic E-state index is 9.44. The first-order chi connectivity index (χ1) is 15.7.